The first kappa shape index (κ1) is 19.8. The summed E-state index contributed by atoms with van der Waals surface area (Å²) in [6.07, 6.45) is 0.920. The molecule has 0 radical (unpaired) electrons. The Morgan fingerprint density at radius 2 is 1.97 bits per heavy atom. The molecule has 2 atom stereocenters. The minimum Gasteiger partial charge on any atom is -0.497 e. The Balaban J connectivity index is 1.81. The number of likely N-dealkylation sites (N-methyl/N-ethyl adjacent to an activating group) is 1. The molecule has 1 aliphatic heterocycles. The molecule has 1 heterocycles. The van der Waals surface area contributed by atoms with Crippen LogP contribution in [-0.4, -0.2) is 48.6 Å². The van der Waals surface area contributed by atoms with Gasteiger partial charge in [-0.2, -0.15) is 0 Å². The van der Waals surface area contributed by atoms with Gasteiger partial charge in [-0.25, -0.2) is 4.79 Å². The van der Waals surface area contributed by atoms with E-state index < -0.39 is 0 Å². The van der Waals surface area contributed by atoms with E-state index in [-0.39, 0.29) is 23.5 Å². The molecule has 2 aromatic rings. The van der Waals surface area contributed by atoms with E-state index in [1.807, 2.05) is 29.2 Å². The molecule has 29 heavy (non-hydrogen) atoms. The second kappa shape index (κ2) is 7.38. The highest BCUT2D eigenvalue weighted by molar-refractivity contribution is 5.92. The molecule has 0 spiro atoms. The number of ether oxygens (including phenoxy) is 1. The number of hydrogen-bond acceptors (Lipinski definition) is 3. The first-order chi connectivity index (χ1) is 13.9. The number of urea groups is 1. The van der Waals surface area contributed by atoms with E-state index in [1.165, 1.54) is 11.1 Å². The molecule has 1 aliphatic carbocycles. The summed E-state index contributed by atoms with van der Waals surface area (Å²) in [4.78, 5) is 17.6. The monoisotopic (exact) mass is 393 g/mol. The maximum absolute atomic E-state index is 13.2. The molecule has 2 aromatic carbocycles. The van der Waals surface area contributed by atoms with Gasteiger partial charge in [-0.3, -0.25) is 0 Å². The van der Waals surface area contributed by atoms with Gasteiger partial charge in [0.1, 0.15) is 5.75 Å². The number of fused-ring (bicyclic) bond motifs is 2. The zero-order valence-corrected chi connectivity index (χ0v) is 18.0. The Morgan fingerprint density at radius 1 is 1.21 bits per heavy atom. The van der Waals surface area contributed by atoms with E-state index in [4.69, 9.17) is 4.74 Å². The second-order valence-corrected chi connectivity index (χ2v) is 8.75. The van der Waals surface area contributed by atoms with Crippen molar-refractivity contribution in [1.29, 1.82) is 0 Å². The number of rotatable bonds is 4. The first-order valence-corrected chi connectivity index (χ1v) is 10.4. The Kier molecular flexibility index (Phi) is 5.03. The molecule has 0 saturated heterocycles. The number of amides is 2. The molecule has 0 bridgehead atoms. The number of nitrogens with one attached hydrogen (secondary N) is 1. The van der Waals surface area contributed by atoms with Gasteiger partial charge < -0.3 is 19.9 Å². The number of carbonyl (C=O) groups excluding carboxylic acids is 1. The van der Waals surface area contributed by atoms with Crippen molar-refractivity contribution < 1.29 is 9.53 Å². The normalized spacial score (nSPS) is 22.7. The number of para-hydroxylation sites is 1. The van der Waals surface area contributed by atoms with Crippen molar-refractivity contribution in [2.24, 2.45) is 0 Å². The molecule has 1 N–H and O–H groups in total. The van der Waals surface area contributed by atoms with Gasteiger partial charge in [0.15, 0.2) is 0 Å². The Labute approximate surface area is 173 Å². The Bertz CT molecular complexity index is 924. The Hall–Kier alpha value is -2.53. The van der Waals surface area contributed by atoms with Crippen LogP contribution in [0.25, 0.3) is 0 Å². The molecule has 154 valence electrons. The summed E-state index contributed by atoms with van der Waals surface area (Å²) in [5, 5.41) is 3.11. The zero-order valence-electron chi connectivity index (χ0n) is 18.0. The third-order valence-corrected chi connectivity index (χ3v) is 6.81. The highest BCUT2D eigenvalue weighted by Gasteiger charge is 2.49. The van der Waals surface area contributed by atoms with Crippen molar-refractivity contribution in [3.8, 4) is 5.75 Å². The number of anilines is 1. The van der Waals surface area contributed by atoms with Crippen molar-refractivity contribution >= 4 is 11.7 Å². The topological polar surface area (TPSA) is 44.8 Å². The fourth-order valence-corrected chi connectivity index (χ4v) is 5.11. The number of methoxy groups -OCH3 is 1. The van der Waals surface area contributed by atoms with Crippen molar-refractivity contribution in [2.75, 3.05) is 26.0 Å². The van der Waals surface area contributed by atoms with Crippen LogP contribution >= 0.6 is 0 Å². The molecular weight excluding hydrogens is 362 g/mol. The fourth-order valence-electron chi connectivity index (χ4n) is 5.11. The number of benzene rings is 2. The van der Waals surface area contributed by atoms with Crippen LogP contribution in [0, 0.1) is 0 Å². The minimum atomic E-state index is -0.222. The van der Waals surface area contributed by atoms with Crippen molar-refractivity contribution in [3.63, 3.8) is 0 Å². The number of nitrogens with zero attached hydrogens (tertiary/aromatic N) is 2. The van der Waals surface area contributed by atoms with Gasteiger partial charge in [-0.05, 0) is 54.9 Å². The van der Waals surface area contributed by atoms with E-state index in [9.17, 15) is 4.79 Å². The standard InChI is InChI=1S/C24H31N3O2/c1-6-26(4)21-13-16-11-12-18(29-5)14-19(16)24(2,3)22(21)27-15-17-9-7-8-10-20(17)25-23(27)28/h7-12,14,21-22H,6,13,15H2,1-5H3,(H,25,28)/t21-,22-/m1/s1. The van der Waals surface area contributed by atoms with Crippen LogP contribution in [0.2, 0.25) is 0 Å². The van der Waals surface area contributed by atoms with E-state index >= 15 is 0 Å². The third-order valence-electron chi connectivity index (χ3n) is 6.81. The van der Waals surface area contributed by atoms with Gasteiger partial charge in [-0.15, -0.1) is 0 Å². The minimum absolute atomic E-state index is 0.0115. The summed E-state index contributed by atoms with van der Waals surface area (Å²) in [7, 11) is 3.87. The summed E-state index contributed by atoms with van der Waals surface area (Å²) in [6, 6.07) is 14.7. The Morgan fingerprint density at radius 3 is 2.69 bits per heavy atom. The molecule has 0 aromatic heterocycles. The van der Waals surface area contributed by atoms with Crippen molar-refractivity contribution in [3.05, 3.63) is 59.2 Å². The van der Waals surface area contributed by atoms with Gasteiger partial charge >= 0.3 is 6.03 Å². The van der Waals surface area contributed by atoms with Gasteiger partial charge in [0.05, 0.1) is 13.2 Å². The zero-order chi connectivity index (χ0) is 20.8. The first-order valence-electron chi connectivity index (χ1n) is 10.4. The van der Waals surface area contributed by atoms with Crippen LogP contribution in [0.4, 0.5) is 10.5 Å². The number of carbonyl (C=O) groups is 1. The summed E-state index contributed by atoms with van der Waals surface area (Å²) in [6.45, 7) is 8.27. The molecule has 2 aliphatic rings. The third kappa shape index (κ3) is 3.27. The molecule has 0 fully saturated rings. The summed E-state index contributed by atoms with van der Waals surface area (Å²) in [5.74, 6) is 0.867. The lowest BCUT2D eigenvalue weighted by Gasteiger charge is -2.53. The fraction of sp³-hybridized carbons (Fsp3) is 0.458. The van der Waals surface area contributed by atoms with Crippen LogP contribution in [0.15, 0.2) is 42.5 Å². The lowest BCUT2D eigenvalue weighted by molar-refractivity contribution is 0.0596. The largest absolute Gasteiger partial charge is 0.497 e. The lowest BCUT2D eigenvalue weighted by Crippen LogP contribution is -2.64. The predicted molar refractivity (Wildman–Crippen MR) is 117 cm³/mol. The van der Waals surface area contributed by atoms with Crippen LogP contribution < -0.4 is 10.1 Å². The highest BCUT2D eigenvalue weighted by atomic mass is 16.5. The van der Waals surface area contributed by atoms with Crippen LogP contribution in [-0.2, 0) is 18.4 Å². The van der Waals surface area contributed by atoms with E-state index in [2.05, 4.69) is 56.2 Å². The molecule has 2 amide bonds. The van der Waals surface area contributed by atoms with Crippen molar-refractivity contribution in [2.45, 2.75) is 51.2 Å². The van der Waals surface area contributed by atoms with E-state index in [1.54, 1.807) is 7.11 Å². The van der Waals surface area contributed by atoms with Crippen LogP contribution in [0.5, 0.6) is 5.75 Å². The van der Waals surface area contributed by atoms with Gasteiger partial charge in [-0.1, -0.05) is 45.0 Å². The summed E-state index contributed by atoms with van der Waals surface area (Å²) in [5.41, 5.74) is 4.48. The van der Waals surface area contributed by atoms with Crippen molar-refractivity contribution in [1.82, 2.24) is 9.80 Å². The second-order valence-electron chi connectivity index (χ2n) is 8.75. The quantitative estimate of drug-likeness (QED) is 0.844. The molecule has 4 rings (SSSR count). The maximum atomic E-state index is 13.2. The molecular formula is C24H31N3O2. The molecule has 5 heteroatoms. The maximum Gasteiger partial charge on any atom is 0.322 e. The van der Waals surface area contributed by atoms with Gasteiger partial charge in [0.25, 0.3) is 0 Å². The van der Waals surface area contributed by atoms with Crippen LogP contribution in [0.1, 0.15) is 37.5 Å². The molecule has 5 nitrogen and oxygen atoms in total. The van der Waals surface area contributed by atoms with Gasteiger partial charge in [0, 0.05) is 23.7 Å². The van der Waals surface area contributed by atoms with Crippen LogP contribution in [0.3, 0.4) is 0 Å². The highest BCUT2D eigenvalue weighted by Crippen LogP contribution is 2.44. The summed E-state index contributed by atoms with van der Waals surface area (Å²) >= 11 is 0. The SMILES string of the molecule is CCN(C)[C@@H]1Cc2ccc(OC)cc2C(C)(C)[C@@H]1N1Cc2ccccc2NC1=O. The smallest absolute Gasteiger partial charge is 0.322 e. The van der Waals surface area contributed by atoms with E-state index in [0.29, 0.717) is 6.54 Å². The predicted octanol–water partition coefficient (Wildman–Crippen LogP) is 4.27. The van der Waals surface area contributed by atoms with Gasteiger partial charge in [0.2, 0.25) is 0 Å². The van der Waals surface area contributed by atoms with E-state index in [0.717, 1.165) is 30.0 Å². The molecule has 0 saturated carbocycles. The molecule has 0 unspecified atom stereocenters. The number of hydrogen-bond donors (Lipinski definition) is 1. The summed E-state index contributed by atoms with van der Waals surface area (Å²) < 4.78 is 5.51. The average Bonchev–Trinajstić information content (AvgIpc) is 2.72. The average molecular weight is 394 g/mol. The lowest BCUT2D eigenvalue weighted by atomic mass is 9.66.